The molecule has 2 amide bonds. The van der Waals surface area contributed by atoms with Gasteiger partial charge in [-0.25, -0.2) is 0 Å². The van der Waals surface area contributed by atoms with Crippen molar-refractivity contribution < 1.29 is 19.1 Å². The molecule has 2 heterocycles. The molecule has 3 aliphatic carbocycles. The Balaban J connectivity index is 1.16. The van der Waals surface area contributed by atoms with E-state index in [-0.39, 0.29) is 53.6 Å². The van der Waals surface area contributed by atoms with Crippen LogP contribution in [0, 0.1) is 24.7 Å². The van der Waals surface area contributed by atoms with Crippen LogP contribution in [0.1, 0.15) is 114 Å². The van der Waals surface area contributed by atoms with Gasteiger partial charge in [-0.1, -0.05) is 12.8 Å². The van der Waals surface area contributed by atoms with Crippen LogP contribution in [0.3, 0.4) is 0 Å². The van der Waals surface area contributed by atoms with Gasteiger partial charge >= 0.3 is 0 Å². The number of aliphatic imine (C=N–C) groups is 1. The van der Waals surface area contributed by atoms with Gasteiger partial charge in [-0.2, -0.15) is 0 Å². The van der Waals surface area contributed by atoms with Gasteiger partial charge in [0.05, 0.1) is 12.5 Å². The zero-order chi connectivity index (χ0) is 32.1. The lowest BCUT2D eigenvalue weighted by Gasteiger charge is -2.39. The number of ether oxygens (including phenoxy) is 1. The number of rotatable bonds is 11. The summed E-state index contributed by atoms with van der Waals surface area (Å²) in [4.78, 5) is 42.0. The summed E-state index contributed by atoms with van der Waals surface area (Å²) in [7, 11) is -0.411. The van der Waals surface area contributed by atoms with Gasteiger partial charge < -0.3 is 24.7 Å². The molecule has 0 aromatic carbocycles. The van der Waals surface area contributed by atoms with E-state index in [9.17, 15) is 14.4 Å². The number of aromatic nitrogens is 3. The molecule has 3 saturated carbocycles. The number of fused-ring (bicyclic) bond motifs is 3. The van der Waals surface area contributed by atoms with Gasteiger partial charge in [0.1, 0.15) is 11.9 Å². The zero-order valence-electron chi connectivity index (χ0n) is 27.8. The molecule has 6 atom stereocenters. The van der Waals surface area contributed by atoms with Crippen LogP contribution in [-0.2, 0) is 14.3 Å². The highest BCUT2D eigenvalue weighted by Crippen LogP contribution is 2.45. The number of alkyl halides is 1. The predicted molar refractivity (Wildman–Crippen MR) is 179 cm³/mol. The Morgan fingerprint density at radius 1 is 1.00 bits per heavy atom. The average molecular weight is 663 g/mol. The first-order valence-corrected chi connectivity index (χ1v) is 20.9. The molecule has 1 aromatic heterocycles. The van der Waals surface area contributed by atoms with Crippen LogP contribution in [0.15, 0.2) is 4.99 Å². The van der Waals surface area contributed by atoms with Gasteiger partial charge in [-0.3, -0.25) is 14.6 Å². The molecule has 3 fully saturated rings. The molecule has 5 rings (SSSR count). The molecule has 0 radical (unpaired) electrons. The first kappa shape index (κ1) is 34.5. The van der Waals surface area contributed by atoms with E-state index >= 15 is 0 Å². The molecule has 12 heteroatoms. The minimum atomic E-state index is -2.22. The highest BCUT2D eigenvalue weighted by molar-refractivity contribution is 6.71. The number of amides is 2. The molecule has 1 aliphatic heterocycles. The lowest BCUT2D eigenvalue weighted by atomic mass is 9.72. The Labute approximate surface area is 275 Å². The van der Waals surface area contributed by atoms with E-state index in [0.29, 0.717) is 24.5 Å². The molecule has 4 aliphatic rings. The third-order valence-electron chi connectivity index (χ3n) is 11.0. The second kappa shape index (κ2) is 15.4. The Bertz CT molecular complexity index is 1200. The van der Waals surface area contributed by atoms with Gasteiger partial charge in [-0.05, 0) is 102 Å². The van der Waals surface area contributed by atoms with Crippen LogP contribution in [0.25, 0.3) is 0 Å². The maximum Gasteiger partial charge on any atom is 0.223 e. The van der Waals surface area contributed by atoms with E-state index in [1.807, 2.05) is 20.0 Å². The summed E-state index contributed by atoms with van der Waals surface area (Å²) in [6, 6.07) is -0.138. The summed E-state index contributed by atoms with van der Waals surface area (Å²) in [6.45, 7) is 7.13. The van der Waals surface area contributed by atoms with Crippen LogP contribution in [0.2, 0.25) is 18.6 Å². The normalized spacial score (nSPS) is 32.1. The predicted octanol–water partition coefficient (Wildman–Crippen LogP) is 5.40. The number of unbranched alkanes of at least 4 members (excludes halogenated alkanes) is 1. The van der Waals surface area contributed by atoms with Crippen molar-refractivity contribution in [1.29, 1.82) is 0 Å². The minimum absolute atomic E-state index is 0.00673. The van der Waals surface area contributed by atoms with Crippen molar-refractivity contribution in [3.8, 4) is 0 Å². The summed E-state index contributed by atoms with van der Waals surface area (Å²) in [5.41, 5.74) is 1.54. The quantitative estimate of drug-likeness (QED) is 0.165. The highest BCUT2D eigenvalue weighted by Gasteiger charge is 2.43. The number of carbonyl (C=O) groups is 2. The molecular weight excluding hydrogens is 608 g/mol. The molecule has 5 unspecified atom stereocenters. The van der Waals surface area contributed by atoms with E-state index in [1.54, 1.807) is 7.11 Å². The fraction of sp³-hybridized carbons (Fsp3) is 0.848. The summed E-state index contributed by atoms with van der Waals surface area (Å²) >= 11 is 6.50. The van der Waals surface area contributed by atoms with E-state index in [1.165, 1.54) is 5.71 Å². The maximum absolute atomic E-state index is 13.3. The monoisotopic (exact) mass is 662 g/mol. The second-order valence-electron chi connectivity index (χ2n) is 14.6. The second-order valence-corrected chi connectivity index (χ2v) is 19.3. The van der Waals surface area contributed by atoms with Crippen molar-refractivity contribution in [2.45, 2.75) is 139 Å². The molecule has 45 heavy (non-hydrogen) atoms. The first-order valence-electron chi connectivity index (χ1n) is 17.5. The topological polar surface area (TPSA) is 131 Å². The van der Waals surface area contributed by atoms with Crippen LogP contribution >= 0.6 is 11.6 Å². The molecule has 1 aromatic rings. The molecule has 0 saturated heterocycles. The summed E-state index contributed by atoms with van der Waals surface area (Å²) in [6.07, 6.45) is 12.8. The molecule has 10 nitrogen and oxygen atoms in total. The van der Waals surface area contributed by atoms with Gasteiger partial charge in [0.2, 0.25) is 11.8 Å². The van der Waals surface area contributed by atoms with Gasteiger partial charge in [0.15, 0.2) is 14.1 Å². The van der Waals surface area contributed by atoms with Crippen molar-refractivity contribution in [1.82, 2.24) is 25.4 Å². The molecule has 3 N–H and O–H groups in total. The smallest absolute Gasteiger partial charge is 0.223 e. The van der Waals surface area contributed by atoms with Crippen LogP contribution in [-0.4, -0.2) is 77.1 Å². The Morgan fingerprint density at radius 3 is 2.44 bits per heavy atom. The molecule has 0 bridgehead atoms. The Hall–Kier alpha value is -1.82. The van der Waals surface area contributed by atoms with Crippen molar-refractivity contribution in [2.24, 2.45) is 22.7 Å². The van der Waals surface area contributed by atoms with Crippen LogP contribution in [0.5, 0.6) is 0 Å². The zero-order valence-corrected chi connectivity index (χ0v) is 29.5. The fourth-order valence-electron chi connectivity index (χ4n) is 8.36. The third-order valence-corrected chi connectivity index (χ3v) is 14.0. The van der Waals surface area contributed by atoms with Crippen molar-refractivity contribution in [3.05, 3.63) is 11.6 Å². The first-order chi connectivity index (χ1) is 21.5. The summed E-state index contributed by atoms with van der Waals surface area (Å²) in [5, 5.41) is 15.5. The van der Waals surface area contributed by atoms with Gasteiger partial charge in [0.25, 0.3) is 0 Å². The van der Waals surface area contributed by atoms with Gasteiger partial charge in [0, 0.05) is 49.2 Å². The SMILES string of the molecule is COC1CCC2C(C1)C(C1CCC(Cl)CC1)=N[C@@H](CC(=O)NCCCCNC(=O)C1CCCC([Si](C)(C)O)C1)c1nnc(C)n12. The van der Waals surface area contributed by atoms with E-state index in [0.717, 1.165) is 95.1 Å². The maximum atomic E-state index is 13.3. The number of nitrogens with one attached hydrogen (secondary N) is 2. The Morgan fingerprint density at radius 2 is 1.73 bits per heavy atom. The third kappa shape index (κ3) is 8.56. The van der Waals surface area contributed by atoms with E-state index in [2.05, 4.69) is 25.4 Å². The Kier molecular flexibility index (Phi) is 11.8. The minimum Gasteiger partial charge on any atom is -0.432 e. The van der Waals surface area contributed by atoms with Gasteiger partial charge in [-0.15, -0.1) is 21.8 Å². The number of methoxy groups -OCH3 is 1. The van der Waals surface area contributed by atoms with Crippen LogP contribution < -0.4 is 10.6 Å². The highest BCUT2D eigenvalue weighted by atomic mass is 35.5. The van der Waals surface area contributed by atoms with Crippen molar-refractivity contribution >= 4 is 37.4 Å². The molecule has 0 spiro atoms. The number of aryl methyl sites for hydroxylation is 1. The molecular formula is C33H55ClN6O4Si. The standard InChI is InChI=1S/C33H55ClN6O4Si/c1-21-38-39-32-28(20-30(41)35-16-5-6-17-36-33(42)23-8-7-9-26(18-23)45(3,4)43)37-31(22-10-12-24(34)13-11-22)27-19-25(44-2)14-15-29(27)40(21)32/h22-29,43H,5-20H2,1-4H3,(H,35,41)(H,36,42)/t22?,23?,24?,25?,26?,27?,28-,29?/m0/s1. The fourth-order valence-corrected chi connectivity index (χ4v) is 10.4. The van der Waals surface area contributed by atoms with Crippen molar-refractivity contribution in [2.75, 3.05) is 20.2 Å². The number of nitrogens with zero attached hydrogens (tertiary/aromatic N) is 4. The van der Waals surface area contributed by atoms with E-state index in [4.69, 9.17) is 21.3 Å². The van der Waals surface area contributed by atoms with E-state index < -0.39 is 8.32 Å². The lowest BCUT2D eigenvalue weighted by Crippen LogP contribution is -2.40. The lowest BCUT2D eigenvalue weighted by molar-refractivity contribution is -0.126. The van der Waals surface area contributed by atoms with Crippen LogP contribution in [0.4, 0.5) is 0 Å². The van der Waals surface area contributed by atoms with Crippen molar-refractivity contribution in [3.63, 3.8) is 0 Å². The number of hydrogen-bond donors (Lipinski definition) is 3. The summed E-state index contributed by atoms with van der Waals surface area (Å²) in [5.74, 6) is 2.39. The number of hydrogen-bond acceptors (Lipinski definition) is 7. The number of halogens is 1. The largest absolute Gasteiger partial charge is 0.432 e. The number of carbonyl (C=O) groups excluding carboxylic acids is 2. The summed E-state index contributed by atoms with van der Waals surface area (Å²) < 4.78 is 8.12. The average Bonchev–Trinajstić information content (AvgIpc) is 3.35. The molecule has 252 valence electrons.